The molecule has 0 aliphatic carbocycles. The number of nitrogens with two attached hydrogens (primary N) is 1. The highest BCUT2D eigenvalue weighted by Gasteiger charge is 2.39. The Morgan fingerprint density at radius 2 is 1.22 bits per heavy atom. The molecule has 54 heavy (non-hydrogen) atoms. The van der Waals surface area contributed by atoms with Crippen molar-refractivity contribution in [1.82, 2.24) is 36.8 Å². The number of amides is 7. The zero-order valence-corrected chi connectivity index (χ0v) is 30.6. The van der Waals surface area contributed by atoms with Crippen LogP contribution in [0.4, 0.5) is 0 Å². The zero-order chi connectivity index (χ0) is 41.3. The summed E-state index contributed by atoms with van der Waals surface area (Å²) in [5.74, 6) is -10.7. The predicted octanol–water partition coefficient (Wildman–Crippen LogP) is -4.41. The van der Waals surface area contributed by atoms with Gasteiger partial charge in [-0.25, -0.2) is 4.79 Å². The Morgan fingerprint density at radius 1 is 0.685 bits per heavy atom. The van der Waals surface area contributed by atoms with Crippen molar-refractivity contribution in [3.05, 3.63) is 0 Å². The monoisotopic (exact) mass is 772 g/mol. The van der Waals surface area contributed by atoms with E-state index in [-0.39, 0.29) is 18.9 Å². The first-order valence-electron chi connectivity index (χ1n) is 17.3. The zero-order valence-electron chi connectivity index (χ0n) is 30.6. The number of likely N-dealkylation sites (tertiary alicyclic amines) is 1. The molecular formula is C32H52N8O14. The van der Waals surface area contributed by atoms with Crippen LogP contribution < -0.4 is 37.6 Å². The van der Waals surface area contributed by atoms with Gasteiger partial charge < -0.3 is 63.0 Å². The summed E-state index contributed by atoms with van der Waals surface area (Å²) in [5.41, 5.74) is 5.82. The van der Waals surface area contributed by atoms with Gasteiger partial charge in [-0.05, 0) is 37.5 Å². The van der Waals surface area contributed by atoms with Crippen LogP contribution in [0.1, 0.15) is 66.2 Å². The molecule has 0 aromatic rings. The SMILES string of the molecule is CC(C)[C@H](N)C(=O)N[C@@H](CO)C(=O)N[C@H](C(=O)N1CCC[C@H]1C(=O)NCC(=O)NCC(=O)N[C@@H](CCC(=O)O)C(=O)N[C@@H](CCC(=O)O)C(=O)O)C(C)C. The summed E-state index contributed by atoms with van der Waals surface area (Å²) in [6.45, 7) is 4.68. The highest BCUT2D eigenvalue weighted by Crippen LogP contribution is 2.20. The molecule has 0 spiro atoms. The van der Waals surface area contributed by atoms with E-state index in [1.807, 2.05) is 0 Å². The molecule has 0 aromatic carbocycles. The molecule has 0 aromatic heterocycles. The lowest BCUT2D eigenvalue weighted by Crippen LogP contribution is -2.60. The van der Waals surface area contributed by atoms with Crippen molar-refractivity contribution in [1.29, 1.82) is 0 Å². The van der Waals surface area contributed by atoms with Crippen molar-refractivity contribution in [2.45, 2.75) is 102 Å². The van der Waals surface area contributed by atoms with E-state index in [9.17, 15) is 58.2 Å². The first-order valence-corrected chi connectivity index (χ1v) is 17.3. The molecule has 12 N–H and O–H groups in total. The van der Waals surface area contributed by atoms with Gasteiger partial charge in [0.2, 0.25) is 41.4 Å². The lowest BCUT2D eigenvalue weighted by molar-refractivity contribution is -0.144. The Bertz CT molecular complexity index is 1410. The van der Waals surface area contributed by atoms with Gasteiger partial charge in [0.25, 0.3) is 0 Å². The van der Waals surface area contributed by atoms with Crippen LogP contribution in [-0.4, -0.2) is 147 Å². The molecule has 1 saturated heterocycles. The van der Waals surface area contributed by atoms with Crippen LogP contribution in [0.2, 0.25) is 0 Å². The van der Waals surface area contributed by atoms with Crippen LogP contribution in [0.3, 0.4) is 0 Å². The molecule has 7 amide bonds. The standard InChI is InChI=1S/C32H52N8O14/c1-15(2)25(33)30(51)38-19(14-41)28(49)39-26(16(3)4)31(52)40-11-5-6-20(40)29(50)35-12-21(42)34-13-22(43)36-17(7-9-23(44)45)27(48)37-18(32(53)54)8-10-24(46)47/h15-20,25-26,41H,5-14,33H2,1-4H3,(H,34,42)(H,35,50)(H,36,43)(H,37,48)(H,38,51)(H,39,49)(H,44,45)(H,46,47)(H,53,54)/t17-,18-,19-,20-,25-,26-/m0/s1. The number of carbonyl (C=O) groups excluding carboxylic acids is 7. The number of carboxylic acids is 3. The Kier molecular flexibility index (Phi) is 19.6. The van der Waals surface area contributed by atoms with Crippen LogP contribution in [0.5, 0.6) is 0 Å². The van der Waals surface area contributed by atoms with E-state index < -0.39 is 147 Å². The molecule has 1 aliphatic rings. The van der Waals surface area contributed by atoms with Gasteiger partial charge in [-0.2, -0.15) is 0 Å². The third-order valence-electron chi connectivity index (χ3n) is 8.33. The van der Waals surface area contributed by atoms with E-state index in [1.54, 1.807) is 27.7 Å². The molecule has 0 saturated carbocycles. The van der Waals surface area contributed by atoms with Gasteiger partial charge in [0, 0.05) is 19.4 Å². The third-order valence-corrected chi connectivity index (χ3v) is 8.33. The maximum Gasteiger partial charge on any atom is 0.326 e. The summed E-state index contributed by atoms with van der Waals surface area (Å²) in [6.07, 6.45) is -1.52. The fraction of sp³-hybridized carbons (Fsp3) is 0.688. The van der Waals surface area contributed by atoms with Gasteiger partial charge in [0.15, 0.2) is 0 Å². The molecule has 1 rings (SSSR count). The topological polar surface area (TPSA) is 353 Å². The number of nitrogens with zero attached hydrogens (tertiary/aromatic N) is 1. The fourth-order valence-electron chi connectivity index (χ4n) is 5.12. The van der Waals surface area contributed by atoms with E-state index in [0.717, 1.165) is 0 Å². The van der Waals surface area contributed by atoms with Crippen molar-refractivity contribution < 1.29 is 68.4 Å². The van der Waals surface area contributed by atoms with Crippen LogP contribution in [0.15, 0.2) is 0 Å². The van der Waals surface area contributed by atoms with Gasteiger partial charge in [-0.15, -0.1) is 0 Å². The highest BCUT2D eigenvalue weighted by atomic mass is 16.4. The average Bonchev–Trinajstić information content (AvgIpc) is 3.60. The Labute approximate surface area is 310 Å². The minimum atomic E-state index is -1.64. The normalized spacial score (nSPS) is 16.6. The van der Waals surface area contributed by atoms with Gasteiger partial charge in [-0.3, -0.25) is 43.2 Å². The van der Waals surface area contributed by atoms with E-state index in [0.29, 0.717) is 6.42 Å². The van der Waals surface area contributed by atoms with E-state index in [2.05, 4.69) is 31.9 Å². The quantitative estimate of drug-likeness (QED) is 0.0467. The van der Waals surface area contributed by atoms with Crippen molar-refractivity contribution >= 4 is 59.3 Å². The van der Waals surface area contributed by atoms with Gasteiger partial charge in [0.05, 0.1) is 25.7 Å². The number of carboxylic acid groups (broad SMARTS) is 3. The lowest BCUT2D eigenvalue weighted by Gasteiger charge is -2.31. The van der Waals surface area contributed by atoms with E-state index in [4.69, 9.17) is 15.9 Å². The Morgan fingerprint density at radius 3 is 1.74 bits per heavy atom. The second-order valence-electron chi connectivity index (χ2n) is 13.3. The minimum Gasteiger partial charge on any atom is -0.481 e. The largest absolute Gasteiger partial charge is 0.481 e. The lowest BCUT2D eigenvalue weighted by atomic mass is 10.0. The van der Waals surface area contributed by atoms with E-state index >= 15 is 0 Å². The maximum atomic E-state index is 13.6. The van der Waals surface area contributed by atoms with E-state index in [1.165, 1.54) is 4.90 Å². The van der Waals surface area contributed by atoms with Crippen LogP contribution in [0.25, 0.3) is 0 Å². The second-order valence-corrected chi connectivity index (χ2v) is 13.3. The molecule has 0 radical (unpaired) electrons. The number of aliphatic hydroxyl groups is 1. The van der Waals surface area contributed by atoms with Crippen molar-refractivity contribution in [2.24, 2.45) is 17.6 Å². The summed E-state index contributed by atoms with van der Waals surface area (Å²) < 4.78 is 0. The average molecular weight is 773 g/mol. The summed E-state index contributed by atoms with van der Waals surface area (Å²) in [7, 11) is 0. The van der Waals surface area contributed by atoms with Gasteiger partial charge in [-0.1, -0.05) is 27.7 Å². The molecule has 304 valence electrons. The molecule has 22 heteroatoms. The number of hydrogen-bond acceptors (Lipinski definition) is 12. The first kappa shape index (κ1) is 46.6. The van der Waals surface area contributed by atoms with Crippen LogP contribution in [0, 0.1) is 11.8 Å². The molecule has 6 atom stereocenters. The molecule has 1 fully saturated rings. The second kappa shape index (κ2) is 22.6. The van der Waals surface area contributed by atoms with Crippen LogP contribution >= 0.6 is 0 Å². The third kappa shape index (κ3) is 15.7. The predicted molar refractivity (Wildman–Crippen MR) is 185 cm³/mol. The molecule has 1 aliphatic heterocycles. The maximum absolute atomic E-state index is 13.6. The summed E-state index contributed by atoms with van der Waals surface area (Å²) in [4.78, 5) is 124. The fourth-order valence-corrected chi connectivity index (χ4v) is 5.12. The number of nitrogens with one attached hydrogen (secondary N) is 6. The van der Waals surface area contributed by atoms with Crippen molar-refractivity contribution in [3.8, 4) is 0 Å². The van der Waals surface area contributed by atoms with Crippen molar-refractivity contribution in [2.75, 3.05) is 26.2 Å². The highest BCUT2D eigenvalue weighted by molar-refractivity contribution is 5.96. The molecular weight excluding hydrogens is 720 g/mol. The molecule has 1 heterocycles. The van der Waals surface area contributed by atoms with Gasteiger partial charge in [0.1, 0.15) is 30.2 Å². The van der Waals surface area contributed by atoms with Crippen LogP contribution in [-0.2, 0) is 47.9 Å². The number of rotatable bonds is 23. The number of aliphatic carboxylic acids is 3. The van der Waals surface area contributed by atoms with Crippen molar-refractivity contribution in [3.63, 3.8) is 0 Å². The molecule has 0 bridgehead atoms. The Balaban J connectivity index is 2.81. The number of hydrogen-bond donors (Lipinski definition) is 11. The molecule has 22 nitrogen and oxygen atoms in total. The smallest absolute Gasteiger partial charge is 0.326 e. The number of carbonyl (C=O) groups is 10. The minimum absolute atomic E-state index is 0.148. The molecule has 0 unspecified atom stereocenters. The van der Waals surface area contributed by atoms with Gasteiger partial charge >= 0.3 is 17.9 Å². The first-order chi connectivity index (χ1) is 25.2. The summed E-state index contributed by atoms with van der Waals surface area (Å²) in [6, 6.07) is -7.73. The Hall–Kier alpha value is -5.38. The number of aliphatic hydroxyl groups excluding tert-OH is 1. The summed E-state index contributed by atoms with van der Waals surface area (Å²) >= 11 is 0. The summed E-state index contributed by atoms with van der Waals surface area (Å²) in [5, 5.41) is 50.6.